The Hall–Kier alpha value is -0.390. The molecule has 0 aromatic carbocycles. The Labute approximate surface area is 86.0 Å². The molecule has 0 saturated carbocycles. The van der Waals surface area contributed by atoms with E-state index in [0.717, 1.165) is 13.1 Å². The minimum absolute atomic E-state index is 0.0681. The Morgan fingerprint density at radius 3 is 2.93 bits per heavy atom. The van der Waals surface area contributed by atoms with Crippen molar-refractivity contribution in [3.05, 3.63) is 12.7 Å². The summed E-state index contributed by atoms with van der Waals surface area (Å²) < 4.78 is 25.2. The molecule has 1 N–H and O–H groups in total. The SMILES string of the molecule is C=CCCS(=O)(=O)N1CCNCC1C. The third-order valence-corrected chi connectivity index (χ3v) is 4.39. The Balaban J connectivity index is 2.64. The first-order valence-electron chi connectivity index (χ1n) is 4.89. The summed E-state index contributed by atoms with van der Waals surface area (Å²) in [7, 11) is -3.07. The van der Waals surface area contributed by atoms with Gasteiger partial charge in [0.2, 0.25) is 10.0 Å². The highest BCUT2D eigenvalue weighted by Crippen LogP contribution is 2.10. The van der Waals surface area contributed by atoms with Gasteiger partial charge in [0.15, 0.2) is 0 Å². The quantitative estimate of drug-likeness (QED) is 0.685. The standard InChI is InChI=1S/C9H18N2O2S/c1-3-4-7-14(12,13)11-6-5-10-8-9(11)2/h3,9-10H,1,4-8H2,2H3. The van der Waals surface area contributed by atoms with Crippen LogP contribution in [-0.4, -0.2) is 44.2 Å². The Morgan fingerprint density at radius 2 is 2.36 bits per heavy atom. The molecule has 0 radical (unpaired) electrons. The van der Waals surface area contributed by atoms with Crippen LogP contribution < -0.4 is 5.32 Å². The lowest BCUT2D eigenvalue weighted by atomic mass is 10.3. The third-order valence-electron chi connectivity index (χ3n) is 2.38. The maximum atomic E-state index is 11.8. The van der Waals surface area contributed by atoms with Crippen LogP contribution in [0.5, 0.6) is 0 Å². The second kappa shape index (κ2) is 4.91. The van der Waals surface area contributed by atoms with Gasteiger partial charge >= 0.3 is 0 Å². The van der Waals surface area contributed by atoms with Crippen molar-refractivity contribution in [1.29, 1.82) is 0 Å². The highest BCUT2D eigenvalue weighted by molar-refractivity contribution is 7.89. The molecule has 0 spiro atoms. The summed E-state index contributed by atoms with van der Waals surface area (Å²) in [6, 6.07) is 0.0681. The second-order valence-corrected chi connectivity index (χ2v) is 5.60. The van der Waals surface area contributed by atoms with E-state index in [-0.39, 0.29) is 11.8 Å². The minimum Gasteiger partial charge on any atom is -0.314 e. The predicted molar refractivity (Wildman–Crippen MR) is 57.6 cm³/mol. The van der Waals surface area contributed by atoms with Crippen molar-refractivity contribution in [2.24, 2.45) is 0 Å². The summed E-state index contributed by atoms with van der Waals surface area (Å²) in [6.45, 7) is 7.54. The van der Waals surface area contributed by atoms with E-state index in [0.29, 0.717) is 13.0 Å². The van der Waals surface area contributed by atoms with Gasteiger partial charge in [-0.2, -0.15) is 4.31 Å². The van der Waals surface area contributed by atoms with Crippen molar-refractivity contribution in [3.63, 3.8) is 0 Å². The van der Waals surface area contributed by atoms with Crippen LogP contribution in [0.2, 0.25) is 0 Å². The molecule has 1 rings (SSSR count). The first-order valence-corrected chi connectivity index (χ1v) is 6.50. The molecule has 0 aromatic rings. The molecule has 0 bridgehead atoms. The lowest BCUT2D eigenvalue weighted by Gasteiger charge is -2.32. The smallest absolute Gasteiger partial charge is 0.214 e. The molecule has 1 heterocycles. The monoisotopic (exact) mass is 218 g/mol. The maximum Gasteiger partial charge on any atom is 0.214 e. The van der Waals surface area contributed by atoms with Crippen molar-refractivity contribution >= 4 is 10.0 Å². The Bertz CT molecular complexity index is 287. The van der Waals surface area contributed by atoms with Crippen molar-refractivity contribution in [1.82, 2.24) is 9.62 Å². The number of piperazine rings is 1. The number of sulfonamides is 1. The van der Waals surface area contributed by atoms with Crippen molar-refractivity contribution in [2.75, 3.05) is 25.4 Å². The van der Waals surface area contributed by atoms with Crippen LogP contribution in [0.1, 0.15) is 13.3 Å². The van der Waals surface area contributed by atoms with Crippen LogP contribution in [0.15, 0.2) is 12.7 Å². The zero-order valence-electron chi connectivity index (χ0n) is 8.57. The van der Waals surface area contributed by atoms with E-state index in [9.17, 15) is 8.42 Å². The molecule has 4 nitrogen and oxygen atoms in total. The molecule has 0 amide bonds. The van der Waals surface area contributed by atoms with E-state index in [4.69, 9.17) is 0 Å². The largest absolute Gasteiger partial charge is 0.314 e. The number of rotatable bonds is 4. The molecule has 5 heteroatoms. The van der Waals surface area contributed by atoms with E-state index in [1.807, 2.05) is 6.92 Å². The van der Waals surface area contributed by atoms with E-state index >= 15 is 0 Å². The molecule has 1 atom stereocenters. The lowest BCUT2D eigenvalue weighted by Crippen LogP contribution is -2.52. The summed E-state index contributed by atoms with van der Waals surface area (Å²) in [5.74, 6) is 0.181. The van der Waals surface area contributed by atoms with Crippen molar-refractivity contribution < 1.29 is 8.42 Å². The molecule has 1 unspecified atom stereocenters. The van der Waals surface area contributed by atoms with Gasteiger partial charge in [0.05, 0.1) is 5.75 Å². The summed E-state index contributed by atoms with van der Waals surface area (Å²) in [4.78, 5) is 0. The van der Waals surface area contributed by atoms with Gasteiger partial charge in [-0.05, 0) is 13.3 Å². The van der Waals surface area contributed by atoms with Crippen molar-refractivity contribution in [2.45, 2.75) is 19.4 Å². The normalized spacial score (nSPS) is 24.8. The van der Waals surface area contributed by atoms with Gasteiger partial charge in [-0.15, -0.1) is 6.58 Å². The summed E-state index contributed by atoms with van der Waals surface area (Å²) >= 11 is 0. The van der Waals surface area contributed by atoms with E-state index in [1.54, 1.807) is 10.4 Å². The zero-order chi connectivity index (χ0) is 10.6. The molecule has 1 aliphatic rings. The second-order valence-electron chi connectivity index (χ2n) is 3.56. The van der Waals surface area contributed by atoms with Crippen LogP contribution in [0.25, 0.3) is 0 Å². The summed E-state index contributed by atoms with van der Waals surface area (Å²) in [5.41, 5.74) is 0. The molecule has 1 fully saturated rings. The lowest BCUT2D eigenvalue weighted by molar-refractivity contribution is 0.284. The third kappa shape index (κ3) is 2.80. The molecule has 1 aliphatic heterocycles. The van der Waals surface area contributed by atoms with Gasteiger partial charge < -0.3 is 5.32 Å². The highest BCUT2D eigenvalue weighted by atomic mass is 32.2. The molecular weight excluding hydrogens is 200 g/mol. The average molecular weight is 218 g/mol. The van der Waals surface area contributed by atoms with Crippen molar-refractivity contribution in [3.8, 4) is 0 Å². The highest BCUT2D eigenvalue weighted by Gasteiger charge is 2.28. The first kappa shape index (κ1) is 11.7. The van der Waals surface area contributed by atoms with Gasteiger partial charge in [0.25, 0.3) is 0 Å². The number of hydrogen-bond donors (Lipinski definition) is 1. The molecular formula is C9H18N2O2S. The maximum absolute atomic E-state index is 11.8. The van der Waals surface area contributed by atoms with E-state index in [2.05, 4.69) is 11.9 Å². The number of nitrogens with one attached hydrogen (secondary N) is 1. The van der Waals surface area contributed by atoms with Gasteiger partial charge in [0.1, 0.15) is 0 Å². The van der Waals surface area contributed by atoms with Crippen LogP contribution in [0, 0.1) is 0 Å². The molecule has 14 heavy (non-hydrogen) atoms. The predicted octanol–water partition coefficient (Wildman–Crippen LogP) is 0.186. The Kier molecular flexibility index (Phi) is 4.10. The fourth-order valence-electron chi connectivity index (χ4n) is 1.59. The topological polar surface area (TPSA) is 49.4 Å². The molecule has 82 valence electrons. The van der Waals surface area contributed by atoms with Gasteiger partial charge in [-0.1, -0.05) is 6.08 Å². The summed E-state index contributed by atoms with van der Waals surface area (Å²) in [5, 5.41) is 3.17. The Morgan fingerprint density at radius 1 is 1.64 bits per heavy atom. The fraction of sp³-hybridized carbons (Fsp3) is 0.778. The fourth-order valence-corrected chi connectivity index (χ4v) is 3.28. The van der Waals surface area contributed by atoms with E-state index in [1.165, 1.54) is 0 Å². The summed E-state index contributed by atoms with van der Waals surface area (Å²) in [6.07, 6.45) is 2.17. The zero-order valence-corrected chi connectivity index (χ0v) is 9.39. The number of nitrogens with zero attached hydrogens (tertiary/aromatic N) is 1. The molecule has 1 saturated heterocycles. The molecule has 0 aliphatic carbocycles. The number of allylic oxidation sites excluding steroid dienone is 1. The van der Waals surface area contributed by atoms with Gasteiger partial charge in [-0.25, -0.2) is 8.42 Å². The van der Waals surface area contributed by atoms with Crippen LogP contribution in [-0.2, 0) is 10.0 Å². The van der Waals surface area contributed by atoms with Gasteiger partial charge in [-0.3, -0.25) is 0 Å². The minimum atomic E-state index is -3.07. The van der Waals surface area contributed by atoms with Gasteiger partial charge in [0, 0.05) is 25.7 Å². The average Bonchev–Trinajstić information content (AvgIpc) is 2.15. The van der Waals surface area contributed by atoms with Crippen LogP contribution in [0.4, 0.5) is 0 Å². The first-order chi connectivity index (χ1) is 6.58. The number of hydrogen-bond acceptors (Lipinski definition) is 3. The van der Waals surface area contributed by atoms with E-state index < -0.39 is 10.0 Å². The van der Waals surface area contributed by atoms with Crippen LogP contribution in [0.3, 0.4) is 0 Å². The van der Waals surface area contributed by atoms with Crippen LogP contribution >= 0.6 is 0 Å². The molecule has 0 aromatic heterocycles.